The van der Waals surface area contributed by atoms with Crippen LogP contribution in [0.1, 0.15) is 47.7 Å². The maximum absolute atomic E-state index is 13.2. The van der Waals surface area contributed by atoms with Crippen molar-refractivity contribution in [2.45, 2.75) is 37.8 Å². The van der Waals surface area contributed by atoms with E-state index in [0.717, 1.165) is 12.8 Å². The van der Waals surface area contributed by atoms with Gasteiger partial charge < -0.3 is 15.0 Å². The standard InChI is InChI=1S/C24H25FN2O4/c25-19-10-8-17(9-11-19)23(29)27-14-4-7-18(15-27)24(30)31-21(16-5-2-1-3-6-16)22(28)26-20-12-13-20/h1-3,5-6,8-11,18,20-21H,4,7,12-15H2,(H,26,28). The molecule has 4 rings (SSSR count). The molecule has 2 amide bonds. The summed E-state index contributed by atoms with van der Waals surface area (Å²) in [5, 5.41) is 2.90. The lowest BCUT2D eigenvalue weighted by Crippen LogP contribution is -2.43. The Morgan fingerprint density at radius 1 is 1.00 bits per heavy atom. The summed E-state index contributed by atoms with van der Waals surface area (Å²) in [6.07, 6.45) is 2.08. The first-order valence-electron chi connectivity index (χ1n) is 10.6. The molecule has 1 saturated carbocycles. The van der Waals surface area contributed by atoms with Gasteiger partial charge in [0.05, 0.1) is 5.92 Å². The van der Waals surface area contributed by atoms with Crippen LogP contribution in [-0.4, -0.2) is 41.8 Å². The molecule has 31 heavy (non-hydrogen) atoms. The zero-order valence-electron chi connectivity index (χ0n) is 17.1. The van der Waals surface area contributed by atoms with Gasteiger partial charge in [-0.25, -0.2) is 4.39 Å². The quantitative estimate of drug-likeness (QED) is 0.723. The summed E-state index contributed by atoms with van der Waals surface area (Å²) in [5.41, 5.74) is 0.991. The van der Waals surface area contributed by atoms with Gasteiger partial charge >= 0.3 is 5.97 Å². The van der Waals surface area contributed by atoms with Gasteiger partial charge in [-0.2, -0.15) is 0 Å². The summed E-state index contributed by atoms with van der Waals surface area (Å²) < 4.78 is 18.8. The molecule has 2 aliphatic rings. The number of esters is 1. The van der Waals surface area contributed by atoms with Crippen molar-refractivity contribution in [3.63, 3.8) is 0 Å². The number of halogens is 1. The molecular formula is C24H25FN2O4. The number of ether oxygens (including phenoxy) is 1. The molecule has 2 unspecified atom stereocenters. The second-order valence-electron chi connectivity index (χ2n) is 8.11. The Labute approximate surface area is 180 Å². The summed E-state index contributed by atoms with van der Waals surface area (Å²) in [6, 6.07) is 14.5. The monoisotopic (exact) mass is 424 g/mol. The fourth-order valence-electron chi connectivity index (χ4n) is 3.75. The number of amides is 2. The summed E-state index contributed by atoms with van der Waals surface area (Å²) >= 11 is 0. The van der Waals surface area contributed by atoms with E-state index in [1.54, 1.807) is 29.2 Å². The molecule has 1 aliphatic heterocycles. The molecule has 0 spiro atoms. The van der Waals surface area contributed by atoms with Crippen molar-refractivity contribution in [2.75, 3.05) is 13.1 Å². The summed E-state index contributed by atoms with van der Waals surface area (Å²) in [7, 11) is 0. The largest absolute Gasteiger partial charge is 0.447 e. The third-order valence-corrected chi connectivity index (χ3v) is 5.63. The smallest absolute Gasteiger partial charge is 0.311 e. The van der Waals surface area contributed by atoms with Gasteiger partial charge in [0.25, 0.3) is 11.8 Å². The Bertz CT molecular complexity index is 944. The first kappa shape index (κ1) is 21.0. The minimum Gasteiger partial charge on any atom is -0.447 e. The van der Waals surface area contributed by atoms with E-state index in [4.69, 9.17) is 4.74 Å². The van der Waals surface area contributed by atoms with Crippen molar-refractivity contribution < 1.29 is 23.5 Å². The molecule has 2 aromatic carbocycles. The minimum absolute atomic E-state index is 0.149. The molecule has 1 saturated heterocycles. The number of nitrogens with one attached hydrogen (secondary N) is 1. The van der Waals surface area contributed by atoms with Crippen LogP contribution in [0.2, 0.25) is 0 Å². The Hall–Kier alpha value is -3.22. The van der Waals surface area contributed by atoms with E-state index in [2.05, 4.69) is 5.32 Å². The third-order valence-electron chi connectivity index (χ3n) is 5.63. The van der Waals surface area contributed by atoms with Crippen LogP contribution in [0.3, 0.4) is 0 Å². The van der Waals surface area contributed by atoms with Crippen LogP contribution in [0.15, 0.2) is 54.6 Å². The molecule has 6 nitrogen and oxygen atoms in total. The van der Waals surface area contributed by atoms with E-state index < -0.39 is 23.8 Å². The van der Waals surface area contributed by atoms with E-state index in [0.29, 0.717) is 30.5 Å². The van der Waals surface area contributed by atoms with Gasteiger partial charge in [-0.05, 0) is 49.9 Å². The first-order chi connectivity index (χ1) is 15.0. The molecule has 1 N–H and O–H groups in total. The van der Waals surface area contributed by atoms with Gasteiger partial charge in [-0.3, -0.25) is 14.4 Å². The normalized spacial score (nSPS) is 19.4. The molecule has 162 valence electrons. The van der Waals surface area contributed by atoms with Crippen LogP contribution in [0.25, 0.3) is 0 Å². The third kappa shape index (κ3) is 5.29. The molecule has 7 heteroatoms. The maximum atomic E-state index is 13.2. The summed E-state index contributed by atoms with van der Waals surface area (Å²) in [6.45, 7) is 0.727. The van der Waals surface area contributed by atoms with Crippen molar-refractivity contribution in [2.24, 2.45) is 5.92 Å². The molecule has 0 aromatic heterocycles. The van der Waals surface area contributed by atoms with Crippen molar-refractivity contribution in [1.29, 1.82) is 0 Å². The summed E-state index contributed by atoms with van der Waals surface area (Å²) in [5.74, 6) is -1.98. The van der Waals surface area contributed by atoms with Gasteiger partial charge in [-0.1, -0.05) is 30.3 Å². The van der Waals surface area contributed by atoms with Gasteiger partial charge in [0.15, 0.2) is 0 Å². The number of carbonyl (C=O) groups excluding carboxylic acids is 3. The number of carbonyl (C=O) groups is 3. The van der Waals surface area contributed by atoms with Crippen LogP contribution in [0, 0.1) is 11.7 Å². The van der Waals surface area contributed by atoms with E-state index in [-0.39, 0.29) is 24.4 Å². The van der Waals surface area contributed by atoms with E-state index in [9.17, 15) is 18.8 Å². The van der Waals surface area contributed by atoms with Crippen LogP contribution >= 0.6 is 0 Å². The lowest BCUT2D eigenvalue weighted by Gasteiger charge is -2.32. The Morgan fingerprint density at radius 3 is 2.39 bits per heavy atom. The average molecular weight is 424 g/mol. The molecule has 2 fully saturated rings. The van der Waals surface area contributed by atoms with Crippen LogP contribution in [-0.2, 0) is 14.3 Å². The predicted octanol–water partition coefficient (Wildman–Crippen LogP) is 3.24. The van der Waals surface area contributed by atoms with Gasteiger partial charge in [0.2, 0.25) is 6.10 Å². The fourth-order valence-corrected chi connectivity index (χ4v) is 3.75. The highest BCUT2D eigenvalue weighted by Crippen LogP contribution is 2.26. The first-order valence-corrected chi connectivity index (χ1v) is 10.6. The molecule has 1 aliphatic carbocycles. The zero-order chi connectivity index (χ0) is 21.8. The predicted molar refractivity (Wildman–Crippen MR) is 111 cm³/mol. The second-order valence-corrected chi connectivity index (χ2v) is 8.11. The highest BCUT2D eigenvalue weighted by Gasteiger charge is 2.35. The number of rotatable bonds is 6. The van der Waals surface area contributed by atoms with E-state index in [1.807, 2.05) is 6.07 Å². The molecule has 2 atom stereocenters. The zero-order valence-corrected chi connectivity index (χ0v) is 17.1. The van der Waals surface area contributed by atoms with Gasteiger partial charge in [-0.15, -0.1) is 0 Å². The fraction of sp³-hybridized carbons (Fsp3) is 0.375. The topological polar surface area (TPSA) is 75.7 Å². The SMILES string of the molecule is O=C(OC(C(=O)NC1CC1)c1ccccc1)C1CCCN(C(=O)c2ccc(F)cc2)C1. The molecule has 1 heterocycles. The summed E-state index contributed by atoms with van der Waals surface area (Å²) in [4.78, 5) is 40.0. The van der Waals surface area contributed by atoms with Crippen molar-refractivity contribution in [1.82, 2.24) is 10.2 Å². The Kier molecular flexibility index (Phi) is 6.30. The lowest BCUT2D eigenvalue weighted by atomic mass is 9.97. The number of likely N-dealkylation sites (tertiary alicyclic amines) is 1. The second kappa shape index (κ2) is 9.29. The molecule has 0 radical (unpaired) electrons. The highest BCUT2D eigenvalue weighted by molar-refractivity contribution is 5.94. The van der Waals surface area contributed by atoms with Crippen molar-refractivity contribution >= 4 is 17.8 Å². The number of hydrogen-bond donors (Lipinski definition) is 1. The number of nitrogens with zero attached hydrogens (tertiary/aromatic N) is 1. The molecule has 0 bridgehead atoms. The highest BCUT2D eigenvalue weighted by atomic mass is 19.1. The molecule has 2 aromatic rings. The number of benzene rings is 2. The van der Waals surface area contributed by atoms with Gasteiger partial charge in [0.1, 0.15) is 5.82 Å². The van der Waals surface area contributed by atoms with Crippen LogP contribution in [0.5, 0.6) is 0 Å². The Balaban J connectivity index is 1.43. The number of piperidine rings is 1. The maximum Gasteiger partial charge on any atom is 0.311 e. The van der Waals surface area contributed by atoms with Crippen molar-refractivity contribution in [3.8, 4) is 0 Å². The van der Waals surface area contributed by atoms with Gasteiger partial charge in [0, 0.05) is 30.3 Å². The minimum atomic E-state index is -1.02. The van der Waals surface area contributed by atoms with E-state index >= 15 is 0 Å². The van der Waals surface area contributed by atoms with Crippen LogP contribution < -0.4 is 5.32 Å². The van der Waals surface area contributed by atoms with Crippen LogP contribution in [0.4, 0.5) is 4.39 Å². The molecular weight excluding hydrogens is 399 g/mol. The average Bonchev–Trinajstić information content (AvgIpc) is 3.62. The van der Waals surface area contributed by atoms with E-state index in [1.165, 1.54) is 24.3 Å². The Morgan fingerprint density at radius 2 is 1.71 bits per heavy atom. The lowest BCUT2D eigenvalue weighted by molar-refractivity contribution is -0.161. The van der Waals surface area contributed by atoms with Crippen molar-refractivity contribution in [3.05, 3.63) is 71.5 Å². The number of hydrogen-bond acceptors (Lipinski definition) is 4.